The maximum atomic E-state index is 7.63. The number of benzene rings is 5. The van der Waals surface area contributed by atoms with Crippen LogP contribution in [-0.4, -0.2) is 82.4 Å². The van der Waals surface area contributed by atoms with E-state index in [1.54, 1.807) is 14.2 Å². The molecule has 5 aromatic carbocycles. The summed E-state index contributed by atoms with van der Waals surface area (Å²) in [7, 11) is 3.44. The highest BCUT2D eigenvalue weighted by molar-refractivity contribution is 6.00. The predicted octanol–water partition coefficient (Wildman–Crippen LogP) is 12.6. The van der Waals surface area contributed by atoms with Crippen LogP contribution in [0.25, 0.3) is 54.8 Å². The van der Waals surface area contributed by atoms with Crippen molar-refractivity contribution in [3.05, 3.63) is 145 Å². The van der Waals surface area contributed by atoms with Crippen LogP contribution in [0, 0.1) is 23.7 Å². The van der Waals surface area contributed by atoms with Crippen molar-refractivity contribution >= 4 is 32.6 Å². The number of aromatic nitrogens is 4. The number of fused-ring (bicyclic) bond motifs is 9. The van der Waals surface area contributed by atoms with E-state index >= 15 is 0 Å². The van der Waals surface area contributed by atoms with Crippen LogP contribution in [0.15, 0.2) is 134 Å². The molecule has 0 saturated carbocycles. The van der Waals surface area contributed by atoms with Crippen LogP contribution in [0.1, 0.15) is 75.7 Å². The quantitative estimate of drug-likeness (QED) is 0.105. The van der Waals surface area contributed by atoms with Crippen molar-refractivity contribution in [2.75, 3.05) is 40.4 Å². The fourth-order valence-corrected chi connectivity index (χ4v) is 12.9. The minimum atomic E-state index is -0.375. The van der Waals surface area contributed by atoms with Gasteiger partial charge in [0.15, 0.2) is 0 Å². The first-order chi connectivity index (χ1) is 34.5. The first-order valence-corrected chi connectivity index (χ1v) is 25.6. The molecule has 10 nitrogen and oxygen atoms in total. The number of rotatable bonds is 14. The second-order valence-electron chi connectivity index (χ2n) is 20.2. The summed E-state index contributed by atoms with van der Waals surface area (Å²) in [6, 6.07) is 42.6. The van der Waals surface area contributed by atoms with Crippen molar-refractivity contribution in [2.45, 2.75) is 76.7 Å². The second kappa shape index (κ2) is 18.9. The van der Waals surface area contributed by atoms with E-state index in [-0.39, 0.29) is 24.3 Å². The summed E-state index contributed by atoms with van der Waals surface area (Å²) in [6.45, 7) is 8.90. The Morgan fingerprint density at radius 3 is 1.36 bits per heavy atom. The number of nitrogens with zero attached hydrogens (tertiary/aromatic N) is 6. The van der Waals surface area contributed by atoms with Gasteiger partial charge in [-0.3, -0.25) is 19.8 Å². The van der Waals surface area contributed by atoms with Gasteiger partial charge in [-0.2, -0.15) is 0 Å². The lowest BCUT2D eigenvalue weighted by molar-refractivity contribution is -0.0505. The van der Waals surface area contributed by atoms with Gasteiger partial charge >= 0.3 is 0 Å². The highest BCUT2D eigenvalue weighted by Crippen LogP contribution is 2.49. The topological polar surface area (TPSA) is 95.0 Å². The third-order valence-electron chi connectivity index (χ3n) is 16.7. The fourth-order valence-electron chi connectivity index (χ4n) is 12.9. The number of hydrogen-bond acceptors (Lipinski definition) is 10. The zero-order valence-corrected chi connectivity index (χ0v) is 40.7. The SMILES string of the molecule is CC[C@H]1CN2CC[C@H]1C[C@@H]2[C@H](Oc1nnc(O[C@H](c2ccnc3ccc(OC)cc23)[C@H]2C[C@@H]3CCN2C[C@@H]3CC)c2cc(-c3ccccc3)c(-c3ccccc3)cc12)c1ccnc2ccc(OC)cc12. The molecular formula is C60H62N6O4. The zero-order valence-electron chi connectivity index (χ0n) is 40.7. The zero-order chi connectivity index (χ0) is 47.3. The summed E-state index contributed by atoms with van der Waals surface area (Å²) in [5.41, 5.74) is 8.30. The lowest BCUT2D eigenvalue weighted by Crippen LogP contribution is -2.56. The van der Waals surface area contributed by atoms with Gasteiger partial charge in [0.2, 0.25) is 11.8 Å². The molecule has 0 N–H and O–H groups in total. The smallest absolute Gasteiger partial charge is 0.242 e. The van der Waals surface area contributed by atoms with Crippen molar-refractivity contribution in [2.24, 2.45) is 23.7 Å². The summed E-state index contributed by atoms with van der Waals surface area (Å²) in [6.07, 6.45) is 9.96. The van der Waals surface area contributed by atoms with E-state index in [0.29, 0.717) is 35.4 Å². The Morgan fingerprint density at radius 1 is 0.529 bits per heavy atom. The third-order valence-corrected chi connectivity index (χ3v) is 16.7. The molecule has 4 bridgehead atoms. The van der Waals surface area contributed by atoms with Crippen LogP contribution in [0.5, 0.6) is 23.3 Å². The Balaban J connectivity index is 1.06. The molecular weight excluding hydrogens is 869 g/mol. The maximum Gasteiger partial charge on any atom is 0.242 e. The summed E-state index contributed by atoms with van der Waals surface area (Å²) in [5.74, 6) is 5.14. The highest BCUT2D eigenvalue weighted by atomic mass is 16.5. The third kappa shape index (κ3) is 8.08. The van der Waals surface area contributed by atoms with E-state index in [4.69, 9.17) is 39.1 Å². The van der Waals surface area contributed by atoms with Crippen LogP contribution >= 0.6 is 0 Å². The number of methoxy groups -OCH3 is 2. The molecule has 3 aromatic heterocycles. The second-order valence-corrected chi connectivity index (χ2v) is 20.2. The summed E-state index contributed by atoms with van der Waals surface area (Å²) < 4.78 is 26.9. The average molecular weight is 931 g/mol. The average Bonchev–Trinajstić information content (AvgIpc) is 3.43. The number of pyridine rings is 2. The van der Waals surface area contributed by atoms with Crippen LogP contribution in [0.2, 0.25) is 0 Å². The molecule has 0 aliphatic carbocycles. The van der Waals surface area contributed by atoms with Gasteiger partial charge in [0.25, 0.3) is 0 Å². The van der Waals surface area contributed by atoms with E-state index in [1.165, 1.54) is 25.7 Å². The van der Waals surface area contributed by atoms with E-state index in [1.807, 2.05) is 36.7 Å². The first-order valence-electron chi connectivity index (χ1n) is 25.6. The normalized spacial score (nSPS) is 24.7. The molecule has 6 aliphatic heterocycles. The molecule has 10 heteroatoms. The van der Waals surface area contributed by atoms with E-state index in [2.05, 4.69) is 121 Å². The van der Waals surface area contributed by atoms with Crippen LogP contribution < -0.4 is 18.9 Å². The largest absolute Gasteiger partial charge is 0.497 e. The van der Waals surface area contributed by atoms with Crippen LogP contribution in [-0.2, 0) is 0 Å². The van der Waals surface area contributed by atoms with Crippen molar-refractivity contribution in [3.63, 3.8) is 0 Å². The molecule has 0 amide bonds. The molecule has 0 radical (unpaired) electrons. The lowest BCUT2D eigenvalue weighted by atomic mass is 9.72. The molecule has 6 aliphatic rings. The predicted molar refractivity (Wildman–Crippen MR) is 277 cm³/mol. The van der Waals surface area contributed by atoms with E-state index in [0.717, 1.165) is 116 Å². The fraction of sp³-hybridized carbons (Fsp3) is 0.367. The minimum absolute atomic E-state index is 0.118. The van der Waals surface area contributed by atoms with Gasteiger partial charge in [0, 0.05) is 47.4 Å². The Hall–Kier alpha value is -6.62. The van der Waals surface area contributed by atoms with Gasteiger partial charge in [-0.05, 0) is 145 Å². The summed E-state index contributed by atoms with van der Waals surface area (Å²) >= 11 is 0. The molecule has 2 unspecified atom stereocenters. The molecule has 70 heavy (non-hydrogen) atoms. The van der Waals surface area contributed by atoms with E-state index < -0.39 is 0 Å². The molecule has 10 atom stereocenters. The molecule has 6 fully saturated rings. The summed E-state index contributed by atoms with van der Waals surface area (Å²) in [4.78, 5) is 15.0. The maximum absolute atomic E-state index is 7.63. The Bertz CT molecular complexity index is 2960. The van der Waals surface area contributed by atoms with Gasteiger partial charge in [0.1, 0.15) is 23.7 Å². The number of piperidine rings is 6. The van der Waals surface area contributed by atoms with E-state index in [9.17, 15) is 0 Å². The van der Waals surface area contributed by atoms with Crippen molar-refractivity contribution in [3.8, 4) is 45.5 Å². The molecule has 8 aromatic rings. The van der Waals surface area contributed by atoms with Gasteiger partial charge < -0.3 is 18.9 Å². The lowest BCUT2D eigenvalue weighted by Gasteiger charge is -2.52. The van der Waals surface area contributed by atoms with Gasteiger partial charge in [-0.15, -0.1) is 10.2 Å². The van der Waals surface area contributed by atoms with Crippen LogP contribution in [0.3, 0.4) is 0 Å². The number of hydrogen-bond donors (Lipinski definition) is 0. The van der Waals surface area contributed by atoms with Crippen molar-refractivity contribution < 1.29 is 18.9 Å². The molecule has 9 heterocycles. The highest BCUT2D eigenvalue weighted by Gasteiger charge is 2.46. The molecule has 0 spiro atoms. The van der Waals surface area contributed by atoms with Crippen LogP contribution in [0.4, 0.5) is 0 Å². The van der Waals surface area contributed by atoms with Crippen molar-refractivity contribution in [1.82, 2.24) is 30.0 Å². The van der Waals surface area contributed by atoms with Gasteiger partial charge in [-0.25, -0.2) is 0 Å². The molecule has 356 valence electrons. The van der Waals surface area contributed by atoms with Gasteiger partial charge in [-0.1, -0.05) is 87.4 Å². The standard InChI is InChI=1S/C60H62N6O4/c1-5-37-35-65-27-23-41(37)29-55(65)57(45-21-25-61-53-19-17-43(67-3)31-49(45)53)69-59-51-33-47(39-13-9-7-10-14-39)48(40-15-11-8-12-16-40)34-52(51)60(64-63-59)70-58(56-30-42-24-28-66(56)36-38(42)6-2)46-22-26-62-54-20-18-44(68-4)32-50(46)54/h7-22,25-26,31-34,37-38,41-42,55-58H,5-6,23-24,27-30,35-36H2,1-4H3/t37-,38-,41-,42-,55+,56+,57+,58+/m0/s1. The number of ether oxygens (including phenoxy) is 4. The molecule has 14 rings (SSSR count). The summed E-state index contributed by atoms with van der Waals surface area (Å²) in [5, 5.41) is 14.1. The molecule has 6 saturated heterocycles. The minimum Gasteiger partial charge on any atom is -0.497 e. The Kier molecular flexibility index (Phi) is 12.1. The van der Waals surface area contributed by atoms with Gasteiger partial charge in [0.05, 0.1) is 48.1 Å². The van der Waals surface area contributed by atoms with Crippen molar-refractivity contribution in [1.29, 1.82) is 0 Å². The first kappa shape index (κ1) is 44.6. The monoisotopic (exact) mass is 930 g/mol. The Morgan fingerprint density at radius 2 is 0.971 bits per heavy atom. The Labute approximate surface area is 411 Å².